The van der Waals surface area contributed by atoms with Gasteiger partial charge < -0.3 is 10.1 Å². The standard InChI is InChI=1S/C25H25N3O5/c1-15(29)26-20-14-28(24(32)33-25(2,3)4)21-10-9-16(13-19(20)21)11-12-27-22(30)17-7-5-6-8-18(17)23(27)31/h5-10,13-14H,11-12H2,1-4H3,(H,26,29). The normalized spacial score (nSPS) is 13.4. The molecule has 0 aliphatic carbocycles. The Bertz CT molecular complexity index is 1260. The highest BCUT2D eigenvalue weighted by Crippen LogP contribution is 2.29. The van der Waals surface area contributed by atoms with Gasteiger partial charge in [-0.15, -0.1) is 0 Å². The predicted octanol–water partition coefficient (Wildman–Crippen LogP) is 4.22. The van der Waals surface area contributed by atoms with Gasteiger partial charge in [0.05, 0.1) is 22.3 Å². The highest BCUT2D eigenvalue weighted by Gasteiger charge is 2.34. The first-order valence-corrected chi connectivity index (χ1v) is 10.7. The summed E-state index contributed by atoms with van der Waals surface area (Å²) >= 11 is 0. The van der Waals surface area contributed by atoms with E-state index >= 15 is 0 Å². The summed E-state index contributed by atoms with van der Waals surface area (Å²) in [4.78, 5) is 50.9. The third-order valence-electron chi connectivity index (χ3n) is 5.27. The monoisotopic (exact) mass is 447 g/mol. The maximum atomic E-state index is 12.7. The first-order chi connectivity index (χ1) is 15.5. The summed E-state index contributed by atoms with van der Waals surface area (Å²) in [6.45, 7) is 6.96. The molecule has 1 aliphatic heterocycles. The average molecular weight is 447 g/mol. The second kappa shape index (κ2) is 8.20. The number of ether oxygens (including phenoxy) is 1. The first-order valence-electron chi connectivity index (χ1n) is 10.7. The van der Waals surface area contributed by atoms with Crippen LogP contribution in [0.5, 0.6) is 0 Å². The fourth-order valence-corrected chi connectivity index (χ4v) is 3.87. The van der Waals surface area contributed by atoms with Crippen molar-refractivity contribution in [1.29, 1.82) is 0 Å². The fourth-order valence-electron chi connectivity index (χ4n) is 3.87. The van der Waals surface area contributed by atoms with Crippen molar-refractivity contribution in [1.82, 2.24) is 9.47 Å². The fraction of sp³-hybridized carbons (Fsp3) is 0.280. The van der Waals surface area contributed by atoms with E-state index in [1.165, 1.54) is 22.6 Å². The van der Waals surface area contributed by atoms with Gasteiger partial charge in [-0.2, -0.15) is 0 Å². The van der Waals surface area contributed by atoms with Crippen LogP contribution in [0.15, 0.2) is 48.7 Å². The number of anilines is 1. The Balaban J connectivity index is 1.61. The zero-order valence-corrected chi connectivity index (χ0v) is 19.0. The molecule has 0 saturated carbocycles. The molecule has 0 bridgehead atoms. The molecule has 0 fully saturated rings. The molecular formula is C25H25N3O5. The zero-order valence-electron chi connectivity index (χ0n) is 19.0. The summed E-state index contributed by atoms with van der Waals surface area (Å²) in [6.07, 6.45) is 1.41. The lowest BCUT2D eigenvalue weighted by atomic mass is 10.1. The predicted molar refractivity (Wildman–Crippen MR) is 123 cm³/mol. The molecule has 3 aromatic rings. The Labute approximate surface area is 191 Å². The summed E-state index contributed by atoms with van der Waals surface area (Å²) in [6, 6.07) is 12.2. The summed E-state index contributed by atoms with van der Waals surface area (Å²) in [5, 5.41) is 3.41. The van der Waals surface area contributed by atoms with Gasteiger partial charge in [0.2, 0.25) is 5.91 Å². The van der Waals surface area contributed by atoms with Crippen LogP contribution in [0.3, 0.4) is 0 Å². The van der Waals surface area contributed by atoms with Gasteiger partial charge in [0, 0.05) is 25.1 Å². The van der Waals surface area contributed by atoms with Crippen molar-refractivity contribution in [2.24, 2.45) is 0 Å². The molecule has 1 N–H and O–H groups in total. The molecule has 170 valence electrons. The maximum Gasteiger partial charge on any atom is 0.419 e. The highest BCUT2D eigenvalue weighted by atomic mass is 16.6. The lowest BCUT2D eigenvalue weighted by molar-refractivity contribution is -0.114. The van der Waals surface area contributed by atoms with E-state index in [0.29, 0.717) is 34.1 Å². The van der Waals surface area contributed by atoms with Crippen molar-refractivity contribution in [3.05, 3.63) is 65.4 Å². The molecule has 2 heterocycles. The summed E-state index contributed by atoms with van der Waals surface area (Å²) in [7, 11) is 0. The Morgan fingerprint density at radius 1 is 1.00 bits per heavy atom. The van der Waals surface area contributed by atoms with E-state index in [4.69, 9.17) is 4.74 Å². The molecule has 33 heavy (non-hydrogen) atoms. The second-order valence-corrected chi connectivity index (χ2v) is 8.98. The van der Waals surface area contributed by atoms with Crippen molar-refractivity contribution >= 4 is 40.4 Å². The lowest BCUT2D eigenvalue weighted by Crippen LogP contribution is -2.31. The average Bonchev–Trinajstić information content (AvgIpc) is 3.20. The van der Waals surface area contributed by atoms with Gasteiger partial charge in [-0.3, -0.25) is 23.9 Å². The van der Waals surface area contributed by atoms with Crippen LogP contribution in [0.2, 0.25) is 0 Å². The van der Waals surface area contributed by atoms with Crippen LogP contribution < -0.4 is 5.32 Å². The smallest absolute Gasteiger partial charge is 0.419 e. The number of carbonyl (C=O) groups is 4. The number of hydrogen-bond donors (Lipinski definition) is 1. The minimum atomic E-state index is -0.672. The maximum absolute atomic E-state index is 12.7. The molecule has 3 amide bonds. The topological polar surface area (TPSA) is 97.7 Å². The molecule has 4 rings (SSSR count). The molecule has 0 atom stereocenters. The van der Waals surface area contributed by atoms with Gasteiger partial charge in [-0.05, 0) is 57.0 Å². The van der Waals surface area contributed by atoms with Crippen molar-refractivity contribution < 1.29 is 23.9 Å². The molecule has 1 aliphatic rings. The molecule has 2 aromatic carbocycles. The number of amides is 3. The van der Waals surface area contributed by atoms with Crippen LogP contribution in [-0.2, 0) is 16.0 Å². The molecule has 8 nitrogen and oxygen atoms in total. The Kier molecular flexibility index (Phi) is 5.53. The lowest BCUT2D eigenvalue weighted by Gasteiger charge is -2.19. The molecule has 0 saturated heterocycles. The van der Waals surface area contributed by atoms with Crippen LogP contribution in [0.1, 0.15) is 54.0 Å². The van der Waals surface area contributed by atoms with Crippen LogP contribution in [0, 0.1) is 0 Å². The molecule has 0 radical (unpaired) electrons. The highest BCUT2D eigenvalue weighted by molar-refractivity contribution is 6.21. The second-order valence-electron chi connectivity index (χ2n) is 8.98. The Morgan fingerprint density at radius 3 is 2.21 bits per heavy atom. The third kappa shape index (κ3) is 4.37. The van der Waals surface area contributed by atoms with Crippen LogP contribution >= 0.6 is 0 Å². The van der Waals surface area contributed by atoms with E-state index in [1.807, 2.05) is 12.1 Å². The number of aromatic nitrogens is 1. The Morgan fingerprint density at radius 2 is 1.64 bits per heavy atom. The van der Waals surface area contributed by atoms with Gasteiger partial charge in [0.25, 0.3) is 11.8 Å². The van der Waals surface area contributed by atoms with Crippen molar-refractivity contribution in [3.8, 4) is 0 Å². The number of benzene rings is 2. The van der Waals surface area contributed by atoms with Gasteiger partial charge in [-0.1, -0.05) is 18.2 Å². The quantitative estimate of drug-likeness (QED) is 0.604. The molecule has 1 aromatic heterocycles. The number of hydrogen-bond acceptors (Lipinski definition) is 5. The summed E-state index contributed by atoms with van der Waals surface area (Å²) in [5.41, 5.74) is 2.07. The van der Waals surface area contributed by atoms with E-state index in [2.05, 4.69) is 5.32 Å². The van der Waals surface area contributed by atoms with Gasteiger partial charge in [-0.25, -0.2) is 4.79 Å². The number of fused-ring (bicyclic) bond motifs is 2. The minimum Gasteiger partial charge on any atom is -0.443 e. The molecule has 0 spiro atoms. The number of carbonyl (C=O) groups excluding carboxylic acids is 4. The van der Waals surface area contributed by atoms with Gasteiger partial charge in [0.15, 0.2) is 0 Å². The zero-order chi connectivity index (χ0) is 23.9. The Hall–Kier alpha value is -3.94. The van der Waals surface area contributed by atoms with Crippen LogP contribution in [0.4, 0.5) is 10.5 Å². The summed E-state index contributed by atoms with van der Waals surface area (Å²) in [5.74, 6) is -0.868. The number of nitrogens with zero attached hydrogens (tertiary/aromatic N) is 2. The van der Waals surface area contributed by atoms with E-state index in [0.717, 1.165) is 5.56 Å². The number of rotatable bonds is 4. The molecular weight excluding hydrogens is 422 g/mol. The van der Waals surface area contributed by atoms with Gasteiger partial charge in [0.1, 0.15) is 5.60 Å². The van der Waals surface area contributed by atoms with E-state index in [-0.39, 0.29) is 24.3 Å². The van der Waals surface area contributed by atoms with Crippen molar-refractivity contribution in [2.75, 3.05) is 11.9 Å². The first kappa shape index (κ1) is 22.3. The largest absolute Gasteiger partial charge is 0.443 e. The number of imide groups is 1. The summed E-state index contributed by atoms with van der Waals surface area (Å²) < 4.78 is 6.84. The van der Waals surface area contributed by atoms with E-state index < -0.39 is 11.7 Å². The number of nitrogens with one attached hydrogen (secondary N) is 1. The van der Waals surface area contributed by atoms with Crippen molar-refractivity contribution in [3.63, 3.8) is 0 Å². The van der Waals surface area contributed by atoms with Crippen LogP contribution in [-0.4, -0.2) is 45.4 Å². The van der Waals surface area contributed by atoms with Gasteiger partial charge >= 0.3 is 6.09 Å². The SMILES string of the molecule is CC(=O)Nc1cn(C(=O)OC(C)(C)C)c2ccc(CCN3C(=O)c4ccccc4C3=O)cc12. The third-order valence-corrected chi connectivity index (χ3v) is 5.27. The molecule has 8 heteroatoms. The van der Waals surface area contributed by atoms with E-state index in [1.54, 1.807) is 51.1 Å². The van der Waals surface area contributed by atoms with E-state index in [9.17, 15) is 19.2 Å². The van der Waals surface area contributed by atoms with Crippen LogP contribution in [0.25, 0.3) is 10.9 Å². The van der Waals surface area contributed by atoms with Crippen molar-refractivity contribution in [2.45, 2.75) is 39.7 Å². The minimum absolute atomic E-state index is 0.222. The molecule has 0 unspecified atom stereocenters.